The summed E-state index contributed by atoms with van der Waals surface area (Å²) in [5.41, 5.74) is 6.53. The van der Waals surface area contributed by atoms with Gasteiger partial charge < -0.3 is 5.73 Å². The van der Waals surface area contributed by atoms with Crippen molar-refractivity contribution in [3.05, 3.63) is 28.2 Å². The van der Waals surface area contributed by atoms with Gasteiger partial charge in [0.1, 0.15) is 0 Å². The minimum atomic E-state index is -3.48. The minimum Gasteiger partial charge on any atom is -0.329 e. The molecule has 1 aromatic rings. The average Bonchev–Trinajstić information content (AvgIpc) is 3.08. The Hall–Kier alpha value is -0.140. The Morgan fingerprint density at radius 2 is 2.05 bits per heavy atom. The number of rotatable bonds is 5. The van der Waals surface area contributed by atoms with Crippen LogP contribution in [0.15, 0.2) is 27.6 Å². The van der Waals surface area contributed by atoms with E-state index in [-0.39, 0.29) is 23.3 Å². The summed E-state index contributed by atoms with van der Waals surface area (Å²) in [4.78, 5) is 0.286. The second kappa shape index (κ2) is 6.54. The highest BCUT2D eigenvalue weighted by molar-refractivity contribution is 9.10. The third kappa shape index (κ3) is 4.43. The van der Waals surface area contributed by atoms with Gasteiger partial charge in [-0.2, -0.15) is 0 Å². The summed E-state index contributed by atoms with van der Waals surface area (Å²) in [5, 5.41) is 0. The lowest BCUT2D eigenvalue weighted by molar-refractivity contribution is 0.519. The Morgan fingerprint density at radius 3 is 2.53 bits per heavy atom. The van der Waals surface area contributed by atoms with Crippen molar-refractivity contribution in [2.45, 2.75) is 30.7 Å². The standard InChI is InChI=1S/C12H17BrN2O2S.ClH/c1-8-4-10(13)6-11(5-8)18(16,17)15-12(7-14)9-2-3-9;/h4-6,9,12,15H,2-3,7,14H2,1H3;1H. The Balaban J connectivity index is 0.00000180. The van der Waals surface area contributed by atoms with Gasteiger partial charge in [0.2, 0.25) is 10.0 Å². The first-order valence-electron chi connectivity index (χ1n) is 5.92. The Labute approximate surface area is 128 Å². The maximum absolute atomic E-state index is 12.3. The van der Waals surface area contributed by atoms with E-state index in [1.54, 1.807) is 12.1 Å². The van der Waals surface area contributed by atoms with Gasteiger partial charge in [-0.1, -0.05) is 15.9 Å². The van der Waals surface area contributed by atoms with Gasteiger partial charge in [-0.15, -0.1) is 12.4 Å². The van der Waals surface area contributed by atoms with Crippen molar-refractivity contribution < 1.29 is 8.42 Å². The lowest BCUT2D eigenvalue weighted by Gasteiger charge is -2.16. The van der Waals surface area contributed by atoms with E-state index < -0.39 is 10.0 Å². The summed E-state index contributed by atoms with van der Waals surface area (Å²) in [6, 6.07) is 5.00. The normalized spacial score (nSPS) is 16.8. The highest BCUT2D eigenvalue weighted by Crippen LogP contribution is 2.33. The molecule has 2 rings (SSSR count). The fraction of sp³-hybridized carbons (Fsp3) is 0.500. The predicted octanol–water partition coefficient (Wildman–Crippen LogP) is 2.19. The highest BCUT2D eigenvalue weighted by Gasteiger charge is 2.33. The Kier molecular flexibility index (Phi) is 5.82. The minimum absolute atomic E-state index is 0. The molecule has 1 aromatic carbocycles. The molecule has 0 saturated heterocycles. The van der Waals surface area contributed by atoms with Gasteiger partial charge in [-0.25, -0.2) is 13.1 Å². The SMILES string of the molecule is Cc1cc(Br)cc(S(=O)(=O)NC(CN)C2CC2)c1.Cl. The maximum Gasteiger partial charge on any atom is 0.240 e. The van der Waals surface area contributed by atoms with E-state index in [1.165, 1.54) is 0 Å². The van der Waals surface area contributed by atoms with E-state index in [2.05, 4.69) is 20.7 Å². The molecule has 1 saturated carbocycles. The average molecular weight is 370 g/mol. The fourth-order valence-corrected chi connectivity index (χ4v) is 4.17. The van der Waals surface area contributed by atoms with E-state index in [9.17, 15) is 8.42 Å². The molecular weight excluding hydrogens is 352 g/mol. The molecule has 19 heavy (non-hydrogen) atoms. The number of halogens is 2. The molecule has 1 fully saturated rings. The molecule has 1 atom stereocenters. The molecule has 0 spiro atoms. The molecule has 108 valence electrons. The van der Waals surface area contributed by atoms with Crippen molar-refractivity contribution in [2.75, 3.05) is 6.54 Å². The quantitative estimate of drug-likeness (QED) is 0.835. The summed E-state index contributed by atoms with van der Waals surface area (Å²) in [5.74, 6) is 0.401. The van der Waals surface area contributed by atoms with Crippen molar-refractivity contribution >= 4 is 38.4 Å². The highest BCUT2D eigenvalue weighted by atomic mass is 79.9. The molecule has 7 heteroatoms. The zero-order valence-electron chi connectivity index (χ0n) is 10.6. The lowest BCUT2D eigenvalue weighted by Crippen LogP contribution is -2.41. The number of nitrogens with one attached hydrogen (secondary N) is 1. The van der Waals surface area contributed by atoms with Crippen LogP contribution < -0.4 is 10.5 Å². The second-order valence-corrected chi connectivity index (χ2v) is 7.39. The number of aryl methyl sites for hydroxylation is 1. The molecule has 1 unspecified atom stereocenters. The lowest BCUT2D eigenvalue weighted by atomic mass is 10.2. The molecule has 0 aliphatic heterocycles. The molecule has 0 radical (unpaired) electrons. The molecule has 0 bridgehead atoms. The third-order valence-corrected chi connectivity index (χ3v) is 5.00. The molecular formula is C12H18BrClN2O2S. The van der Waals surface area contributed by atoms with Crippen molar-refractivity contribution in [2.24, 2.45) is 11.7 Å². The Morgan fingerprint density at radius 1 is 1.42 bits per heavy atom. The summed E-state index contributed by atoms with van der Waals surface area (Å²) in [6.07, 6.45) is 2.11. The van der Waals surface area contributed by atoms with Crippen LogP contribution in [-0.2, 0) is 10.0 Å². The van der Waals surface area contributed by atoms with Crippen LogP contribution in [0.1, 0.15) is 18.4 Å². The van der Waals surface area contributed by atoms with Crippen molar-refractivity contribution in [1.29, 1.82) is 0 Å². The maximum atomic E-state index is 12.3. The molecule has 1 aliphatic carbocycles. The summed E-state index contributed by atoms with van der Waals surface area (Å²) < 4.78 is 28.0. The molecule has 1 aliphatic rings. The second-order valence-electron chi connectivity index (χ2n) is 4.77. The van der Waals surface area contributed by atoms with Crippen LogP contribution in [0.5, 0.6) is 0 Å². The first-order valence-corrected chi connectivity index (χ1v) is 8.19. The van der Waals surface area contributed by atoms with Crippen LogP contribution in [-0.4, -0.2) is 21.0 Å². The molecule has 4 nitrogen and oxygen atoms in total. The van der Waals surface area contributed by atoms with Gasteiger partial charge in [0, 0.05) is 17.1 Å². The van der Waals surface area contributed by atoms with Gasteiger partial charge in [-0.05, 0) is 49.4 Å². The predicted molar refractivity (Wildman–Crippen MR) is 82.0 cm³/mol. The van der Waals surface area contributed by atoms with E-state index in [0.29, 0.717) is 12.5 Å². The van der Waals surface area contributed by atoms with Crippen LogP contribution >= 0.6 is 28.3 Å². The summed E-state index contributed by atoms with van der Waals surface area (Å²) in [7, 11) is -3.48. The topological polar surface area (TPSA) is 72.2 Å². The van der Waals surface area contributed by atoms with Crippen LogP contribution in [0.25, 0.3) is 0 Å². The van der Waals surface area contributed by atoms with Crippen LogP contribution in [0.4, 0.5) is 0 Å². The number of benzene rings is 1. The molecule has 0 heterocycles. The van der Waals surface area contributed by atoms with E-state index in [4.69, 9.17) is 5.73 Å². The smallest absolute Gasteiger partial charge is 0.240 e. The summed E-state index contributed by atoms with van der Waals surface area (Å²) >= 11 is 3.31. The van der Waals surface area contributed by atoms with Crippen LogP contribution in [0.2, 0.25) is 0 Å². The third-order valence-electron chi connectivity index (χ3n) is 3.08. The van der Waals surface area contributed by atoms with Crippen molar-refractivity contribution in [1.82, 2.24) is 4.72 Å². The number of nitrogens with two attached hydrogens (primary N) is 1. The Bertz CT molecular complexity index is 526. The van der Waals surface area contributed by atoms with Crippen molar-refractivity contribution in [3.8, 4) is 0 Å². The number of hydrogen-bond acceptors (Lipinski definition) is 3. The fourth-order valence-electron chi connectivity index (χ4n) is 1.96. The zero-order valence-corrected chi connectivity index (χ0v) is 13.8. The largest absolute Gasteiger partial charge is 0.329 e. The van der Waals surface area contributed by atoms with Gasteiger partial charge in [0.05, 0.1) is 4.90 Å². The van der Waals surface area contributed by atoms with Crippen molar-refractivity contribution in [3.63, 3.8) is 0 Å². The van der Waals surface area contributed by atoms with Gasteiger partial charge in [-0.3, -0.25) is 0 Å². The van der Waals surface area contributed by atoms with Crippen LogP contribution in [0, 0.1) is 12.8 Å². The first-order chi connectivity index (χ1) is 8.42. The van der Waals surface area contributed by atoms with E-state index >= 15 is 0 Å². The summed E-state index contributed by atoms with van der Waals surface area (Å²) in [6.45, 7) is 2.21. The molecule has 3 N–H and O–H groups in total. The first kappa shape index (κ1) is 16.9. The monoisotopic (exact) mass is 368 g/mol. The van der Waals surface area contributed by atoms with Gasteiger partial charge in [0.25, 0.3) is 0 Å². The van der Waals surface area contributed by atoms with Gasteiger partial charge >= 0.3 is 0 Å². The molecule has 0 aromatic heterocycles. The van der Waals surface area contributed by atoms with Gasteiger partial charge in [0.15, 0.2) is 0 Å². The molecule has 0 amide bonds. The zero-order chi connectivity index (χ0) is 13.3. The number of hydrogen-bond donors (Lipinski definition) is 2. The van der Waals surface area contributed by atoms with E-state index in [0.717, 1.165) is 22.9 Å². The van der Waals surface area contributed by atoms with Crippen LogP contribution in [0.3, 0.4) is 0 Å². The van der Waals surface area contributed by atoms with E-state index in [1.807, 2.05) is 13.0 Å². The number of sulfonamides is 1.